The Morgan fingerprint density at radius 2 is 1.83 bits per heavy atom. The zero-order chi connectivity index (χ0) is 17.5. The molecule has 0 bridgehead atoms. The number of benzene rings is 2. The third kappa shape index (κ3) is 4.55. The summed E-state index contributed by atoms with van der Waals surface area (Å²) in [7, 11) is 3.08. The van der Waals surface area contributed by atoms with Gasteiger partial charge in [0.05, 0.1) is 20.8 Å². The molecule has 0 aromatic heterocycles. The van der Waals surface area contributed by atoms with Crippen LogP contribution < -0.4 is 19.5 Å². The van der Waals surface area contributed by atoms with Gasteiger partial charge in [-0.05, 0) is 42.8 Å². The molecule has 0 unspecified atom stereocenters. The molecule has 5 nitrogen and oxygen atoms in total. The van der Waals surface area contributed by atoms with Crippen LogP contribution in [-0.4, -0.2) is 33.3 Å². The van der Waals surface area contributed by atoms with Gasteiger partial charge < -0.3 is 19.5 Å². The van der Waals surface area contributed by atoms with Gasteiger partial charge in [-0.1, -0.05) is 17.7 Å². The molecule has 0 atom stereocenters. The first-order valence-corrected chi connectivity index (χ1v) is 7.82. The van der Waals surface area contributed by atoms with Gasteiger partial charge in [0.25, 0.3) is 5.91 Å². The number of halogens is 1. The van der Waals surface area contributed by atoms with E-state index in [9.17, 15) is 4.79 Å². The Bertz CT molecular complexity index is 718. The first-order chi connectivity index (χ1) is 11.5. The highest BCUT2D eigenvalue weighted by atomic mass is 35.5. The Morgan fingerprint density at radius 3 is 2.50 bits per heavy atom. The largest absolute Gasteiger partial charge is 0.493 e. The molecule has 0 heterocycles. The average Bonchev–Trinajstić information content (AvgIpc) is 2.60. The fourth-order valence-corrected chi connectivity index (χ4v) is 2.25. The lowest BCUT2D eigenvalue weighted by Crippen LogP contribution is -2.28. The number of aryl methyl sites for hydroxylation is 1. The summed E-state index contributed by atoms with van der Waals surface area (Å²) in [6.45, 7) is 2.65. The van der Waals surface area contributed by atoms with Crippen molar-refractivity contribution in [3.8, 4) is 17.2 Å². The normalized spacial score (nSPS) is 10.2. The predicted octanol–water partition coefficient (Wildman–Crippen LogP) is 3.47. The summed E-state index contributed by atoms with van der Waals surface area (Å²) in [6.07, 6.45) is 0. The molecule has 0 saturated carbocycles. The smallest absolute Gasteiger partial charge is 0.251 e. The number of methoxy groups -OCH3 is 2. The summed E-state index contributed by atoms with van der Waals surface area (Å²) in [5.41, 5.74) is 1.48. The van der Waals surface area contributed by atoms with Crippen LogP contribution in [0.2, 0.25) is 5.02 Å². The molecular formula is C18H20ClNO4. The maximum Gasteiger partial charge on any atom is 0.251 e. The standard InChI is InChI=1S/C18H20ClNO4/c1-12-4-6-14(11-15(12)19)24-9-8-20-18(21)13-5-7-16(22-2)17(10-13)23-3/h4-7,10-11H,8-9H2,1-3H3,(H,20,21). The SMILES string of the molecule is COc1ccc(C(=O)NCCOc2ccc(C)c(Cl)c2)cc1OC. The fraction of sp³-hybridized carbons (Fsp3) is 0.278. The molecule has 6 heteroatoms. The third-order valence-electron chi connectivity index (χ3n) is 3.45. The number of rotatable bonds is 7. The van der Waals surface area contributed by atoms with E-state index in [1.54, 1.807) is 31.4 Å². The molecule has 0 radical (unpaired) electrons. The molecule has 1 N–H and O–H groups in total. The summed E-state index contributed by atoms with van der Waals surface area (Å²) in [5, 5.41) is 3.45. The molecule has 0 aliphatic carbocycles. The fourth-order valence-electron chi connectivity index (χ4n) is 2.08. The predicted molar refractivity (Wildman–Crippen MR) is 93.6 cm³/mol. The Balaban J connectivity index is 1.85. The van der Waals surface area contributed by atoms with E-state index >= 15 is 0 Å². The lowest BCUT2D eigenvalue weighted by atomic mass is 10.2. The summed E-state index contributed by atoms with van der Waals surface area (Å²) in [6, 6.07) is 10.5. The van der Waals surface area contributed by atoms with Crippen LogP contribution in [0, 0.1) is 6.92 Å². The van der Waals surface area contributed by atoms with Crippen LogP contribution in [0.15, 0.2) is 36.4 Å². The molecule has 2 rings (SSSR count). The van der Waals surface area contributed by atoms with Gasteiger partial charge in [-0.2, -0.15) is 0 Å². The molecule has 0 aliphatic rings. The van der Waals surface area contributed by atoms with Crippen LogP contribution in [0.3, 0.4) is 0 Å². The number of hydrogen-bond donors (Lipinski definition) is 1. The second kappa shape index (κ2) is 8.45. The van der Waals surface area contributed by atoms with Crippen LogP contribution in [0.25, 0.3) is 0 Å². The van der Waals surface area contributed by atoms with E-state index in [0.29, 0.717) is 41.0 Å². The van der Waals surface area contributed by atoms with Gasteiger partial charge in [-0.3, -0.25) is 4.79 Å². The highest BCUT2D eigenvalue weighted by Crippen LogP contribution is 2.27. The van der Waals surface area contributed by atoms with Crippen molar-refractivity contribution in [1.29, 1.82) is 0 Å². The minimum atomic E-state index is -0.207. The van der Waals surface area contributed by atoms with Gasteiger partial charge in [0.2, 0.25) is 0 Å². The van der Waals surface area contributed by atoms with E-state index < -0.39 is 0 Å². The summed E-state index contributed by atoms with van der Waals surface area (Å²) < 4.78 is 15.9. The zero-order valence-electron chi connectivity index (χ0n) is 13.9. The third-order valence-corrected chi connectivity index (χ3v) is 3.85. The van der Waals surface area contributed by atoms with Crippen molar-refractivity contribution < 1.29 is 19.0 Å². The Kier molecular flexibility index (Phi) is 6.32. The number of hydrogen-bond acceptors (Lipinski definition) is 4. The minimum absolute atomic E-state index is 0.207. The highest BCUT2D eigenvalue weighted by Gasteiger charge is 2.10. The van der Waals surface area contributed by atoms with Gasteiger partial charge in [0, 0.05) is 10.6 Å². The van der Waals surface area contributed by atoms with Crippen LogP contribution in [-0.2, 0) is 0 Å². The second-order valence-electron chi connectivity index (χ2n) is 5.09. The molecular weight excluding hydrogens is 330 g/mol. The summed E-state index contributed by atoms with van der Waals surface area (Å²) in [5.74, 6) is 1.55. The van der Waals surface area contributed by atoms with Crippen molar-refractivity contribution in [3.05, 3.63) is 52.5 Å². The second-order valence-corrected chi connectivity index (χ2v) is 5.49. The topological polar surface area (TPSA) is 56.8 Å². The zero-order valence-corrected chi connectivity index (χ0v) is 14.6. The van der Waals surface area contributed by atoms with Crippen molar-refractivity contribution in [3.63, 3.8) is 0 Å². The van der Waals surface area contributed by atoms with E-state index in [2.05, 4.69) is 5.32 Å². The summed E-state index contributed by atoms with van der Waals surface area (Å²) >= 11 is 6.04. The molecule has 0 saturated heterocycles. The number of amides is 1. The first-order valence-electron chi connectivity index (χ1n) is 7.44. The lowest BCUT2D eigenvalue weighted by molar-refractivity contribution is 0.0946. The number of carbonyl (C=O) groups excluding carboxylic acids is 1. The van der Waals surface area contributed by atoms with Crippen LogP contribution in [0.4, 0.5) is 0 Å². The quantitative estimate of drug-likeness (QED) is 0.777. The number of ether oxygens (including phenoxy) is 3. The molecule has 0 aliphatic heterocycles. The molecule has 128 valence electrons. The van der Waals surface area contributed by atoms with E-state index in [1.165, 1.54) is 7.11 Å². The van der Waals surface area contributed by atoms with Crippen molar-refractivity contribution in [2.45, 2.75) is 6.92 Å². The maximum absolute atomic E-state index is 12.1. The van der Waals surface area contributed by atoms with E-state index in [0.717, 1.165) is 5.56 Å². The van der Waals surface area contributed by atoms with Gasteiger partial charge in [0.15, 0.2) is 11.5 Å². The van der Waals surface area contributed by atoms with Gasteiger partial charge in [-0.25, -0.2) is 0 Å². The number of nitrogens with one attached hydrogen (secondary N) is 1. The maximum atomic E-state index is 12.1. The Morgan fingerprint density at radius 1 is 1.08 bits per heavy atom. The number of carbonyl (C=O) groups is 1. The lowest BCUT2D eigenvalue weighted by Gasteiger charge is -2.11. The molecule has 1 amide bonds. The van der Waals surface area contributed by atoms with Crippen LogP contribution in [0.1, 0.15) is 15.9 Å². The van der Waals surface area contributed by atoms with Crippen molar-refractivity contribution in [1.82, 2.24) is 5.32 Å². The van der Waals surface area contributed by atoms with Gasteiger partial charge in [-0.15, -0.1) is 0 Å². The monoisotopic (exact) mass is 349 g/mol. The first kappa shape index (κ1) is 17.9. The van der Waals surface area contributed by atoms with Crippen LogP contribution in [0.5, 0.6) is 17.2 Å². The highest BCUT2D eigenvalue weighted by molar-refractivity contribution is 6.31. The Labute approximate surface area is 146 Å². The minimum Gasteiger partial charge on any atom is -0.493 e. The molecule has 2 aromatic carbocycles. The van der Waals surface area contributed by atoms with E-state index in [1.807, 2.05) is 19.1 Å². The van der Waals surface area contributed by atoms with Crippen LogP contribution >= 0.6 is 11.6 Å². The molecule has 0 spiro atoms. The van der Waals surface area contributed by atoms with Crippen molar-refractivity contribution >= 4 is 17.5 Å². The summed E-state index contributed by atoms with van der Waals surface area (Å²) in [4.78, 5) is 12.1. The Hall–Kier alpha value is -2.40. The van der Waals surface area contributed by atoms with Crippen molar-refractivity contribution in [2.24, 2.45) is 0 Å². The van der Waals surface area contributed by atoms with E-state index in [4.69, 9.17) is 25.8 Å². The molecule has 2 aromatic rings. The molecule has 24 heavy (non-hydrogen) atoms. The van der Waals surface area contributed by atoms with Gasteiger partial charge in [0.1, 0.15) is 12.4 Å². The molecule has 0 fully saturated rings. The van der Waals surface area contributed by atoms with Crippen molar-refractivity contribution in [2.75, 3.05) is 27.4 Å². The van der Waals surface area contributed by atoms with Gasteiger partial charge >= 0.3 is 0 Å². The van der Waals surface area contributed by atoms with E-state index in [-0.39, 0.29) is 5.91 Å². The average molecular weight is 350 g/mol.